The van der Waals surface area contributed by atoms with Gasteiger partial charge in [0, 0.05) is 21.6 Å². The largest absolute Gasteiger partial charge is 0.359 e. The van der Waals surface area contributed by atoms with Crippen molar-refractivity contribution >= 4 is 38.8 Å². The van der Waals surface area contributed by atoms with Gasteiger partial charge in [-0.3, -0.25) is 10.1 Å². The lowest BCUT2D eigenvalue weighted by atomic mass is 10.3. The van der Waals surface area contributed by atoms with Crippen LogP contribution in [0.25, 0.3) is 0 Å². The summed E-state index contributed by atoms with van der Waals surface area (Å²) in [4.78, 5) is 19.6. The number of rotatable bonds is 4. The lowest BCUT2D eigenvalue weighted by Crippen LogP contribution is -2.04. The molecule has 0 amide bonds. The Labute approximate surface area is 115 Å². The fraction of sp³-hybridized carbons (Fsp3) is 0.200. The molecule has 8 heteroatoms. The maximum Gasteiger partial charge on any atom is 0.312 e. The van der Waals surface area contributed by atoms with E-state index in [0.717, 1.165) is 10.6 Å². The molecule has 0 aliphatic heterocycles. The van der Waals surface area contributed by atoms with Crippen molar-refractivity contribution in [3.63, 3.8) is 0 Å². The van der Waals surface area contributed by atoms with Gasteiger partial charge in [-0.15, -0.1) is 11.3 Å². The van der Waals surface area contributed by atoms with Crippen LogP contribution in [-0.2, 0) is 6.54 Å². The lowest BCUT2D eigenvalue weighted by molar-refractivity contribution is -0.384. The molecule has 2 heterocycles. The molecule has 0 spiro atoms. The molecule has 6 nitrogen and oxygen atoms in total. The van der Waals surface area contributed by atoms with Crippen LogP contribution in [-0.4, -0.2) is 14.9 Å². The van der Waals surface area contributed by atoms with E-state index in [2.05, 4.69) is 31.2 Å². The van der Waals surface area contributed by atoms with Gasteiger partial charge in [0.1, 0.15) is 0 Å². The van der Waals surface area contributed by atoms with E-state index in [1.54, 1.807) is 5.51 Å². The first-order valence-electron chi connectivity index (χ1n) is 5.00. The van der Waals surface area contributed by atoms with Crippen molar-refractivity contribution in [3.05, 3.63) is 42.9 Å². The highest BCUT2D eigenvalue weighted by atomic mass is 79.9. The van der Waals surface area contributed by atoms with Crippen LogP contribution in [0.1, 0.15) is 10.6 Å². The third kappa shape index (κ3) is 2.82. The van der Waals surface area contributed by atoms with E-state index in [9.17, 15) is 10.1 Å². The number of aryl methyl sites for hydroxylation is 1. The van der Waals surface area contributed by atoms with E-state index >= 15 is 0 Å². The Balaban J connectivity index is 2.19. The predicted octanol–water partition coefficient (Wildman–Crippen LogP) is 3.13. The first-order chi connectivity index (χ1) is 8.58. The summed E-state index contributed by atoms with van der Waals surface area (Å²) in [6, 6.07) is 1.43. The number of pyridine rings is 1. The molecular formula is C10H9BrN4O2S. The van der Waals surface area contributed by atoms with Gasteiger partial charge in [-0.25, -0.2) is 9.97 Å². The summed E-state index contributed by atoms with van der Waals surface area (Å²) in [6.45, 7) is 2.38. The number of nitro groups is 1. The van der Waals surface area contributed by atoms with Gasteiger partial charge in [0.25, 0.3) is 0 Å². The van der Waals surface area contributed by atoms with Crippen molar-refractivity contribution in [2.24, 2.45) is 0 Å². The average molecular weight is 329 g/mol. The SMILES string of the molecule is Cc1ncsc1CNc1ncc(Br)cc1[N+](=O)[O-]. The highest BCUT2D eigenvalue weighted by Gasteiger charge is 2.16. The van der Waals surface area contributed by atoms with E-state index in [-0.39, 0.29) is 11.5 Å². The van der Waals surface area contributed by atoms with Crippen molar-refractivity contribution in [1.29, 1.82) is 0 Å². The van der Waals surface area contributed by atoms with Gasteiger partial charge in [0.15, 0.2) is 0 Å². The number of hydrogen-bond acceptors (Lipinski definition) is 6. The van der Waals surface area contributed by atoms with Crippen LogP contribution in [0.5, 0.6) is 0 Å². The molecule has 2 aromatic heterocycles. The number of nitrogens with zero attached hydrogens (tertiary/aromatic N) is 3. The Morgan fingerprint density at radius 3 is 2.94 bits per heavy atom. The molecule has 2 rings (SSSR count). The molecule has 2 aromatic rings. The lowest BCUT2D eigenvalue weighted by Gasteiger charge is -2.05. The molecular weight excluding hydrogens is 320 g/mol. The fourth-order valence-electron chi connectivity index (χ4n) is 1.36. The maximum atomic E-state index is 10.9. The van der Waals surface area contributed by atoms with Crippen molar-refractivity contribution < 1.29 is 4.92 Å². The van der Waals surface area contributed by atoms with Crippen LogP contribution in [0.4, 0.5) is 11.5 Å². The van der Waals surface area contributed by atoms with Crippen molar-refractivity contribution in [2.45, 2.75) is 13.5 Å². The molecule has 0 fully saturated rings. The summed E-state index contributed by atoms with van der Waals surface area (Å²) in [5.41, 5.74) is 2.62. The van der Waals surface area contributed by atoms with Crippen LogP contribution in [0.2, 0.25) is 0 Å². The summed E-state index contributed by atoms with van der Waals surface area (Å²) in [7, 11) is 0. The number of hydrogen-bond donors (Lipinski definition) is 1. The Morgan fingerprint density at radius 2 is 2.33 bits per heavy atom. The van der Waals surface area contributed by atoms with Crippen LogP contribution < -0.4 is 5.32 Å². The van der Waals surface area contributed by atoms with Gasteiger partial charge in [-0.2, -0.15) is 0 Å². The zero-order valence-electron chi connectivity index (χ0n) is 9.38. The molecule has 0 aliphatic carbocycles. The van der Waals surface area contributed by atoms with E-state index in [4.69, 9.17) is 0 Å². The number of halogens is 1. The summed E-state index contributed by atoms with van der Waals surface area (Å²) in [6.07, 6.45) is 1.52. The van der Waals surface area contributed by atoms with Gasteiger partial charge < -0.3 is 5.32 Å². The average Bonchev–Trinajstić information content (AvgIpc) is 2.73. The number of aromatic nitrogens is 2. The third-order valence-electron chi connectivity index (χ3n) is 2.29. The van der Waals surface area contributed by atoms with Gasteiger partial charge in [0.05, 0.1) is 22.7 Å². The molecule has 1 N–H and O–H groups in total. The van der Waals surface area contributed by atoms with Crippen LogP contribution in [0, 0.1) is 17.0 Å². The Morgan fingerprint density at radius 1 is 1.56 bits per heavy atom. The monoisotopic (exact) mass is 328 g/mol. The van der Waals surface area contributed by atoms with E-state index in [1.807, 2.05) is 6.92 Å². The number of nitrogens with one attached hydrogen (secondary N) is 1. The van der Waals surface area contributed by atoms with Gasteiger partial charge >= 0.3 is 5.69 Å². The fourth-order valence-corrected chi connectivity index (χ4v) is 2.40. The smallest absolute Gasteiger partial charge is 0.312 e. The summed E-state index contributed by atoms with van der Waals surface area (Å²) in [5.74, 6) is 0.260. The highest BCUT2D eigenvalue weighted by molar-refractivity contribution is 9.10. The molecule has 0 unspecified atom stereocenters. The second kappa shape index (κ2) is 5.40. The van der Waals surface area contributed by atoms with Gasteiger partial charge in [-0.05, 0) is 22.9 Å². The molecule has 94 valence electrons. The minimum absolute atomic E-state index is 0.0495. The molecule has 0 bridgehead atoms. The minimum atomic E-state index is -0.459. The van der Waals surface area contributed by atoms with E-state index < -0.39 is 4.92 Å². The molecule has 0 saturated carbocycles. The zero-order valence-corrected chi connectivity index (χ0v) is 11.8. The van der Waals surface area contributed by atoms with Crippen molar-refractivity contribution in [3.8, 4) is 0 Å². The number of thiazole rings is 1. The predicted molar refractivity (Wildman–Crippen MR) is 72.8 cm³/mol. The second-order valence-electron chi connectivity index (χ2n) is 3.49. The Bertz CT molecular complexity index is 587. The second-order valence-corrected chi connectivity index (χ2v) is 5.35. The number of anilines is 1. The quantitative estimate of drug-likeness (QED) is 0.688. The zero-order chi connectivity index (χ0) is 13.1. The molecule has 0 saturated heterocycles. The van der Waals surface area contributed by atoms with Crippen LogP contribution in [0.15, 0.2) is 22.2 Å². The summed E-state index contributed by atoms with van der Waals surface area (Å²) >= 11 is 4.67. The molecule has 0 aromatic carbocycles. The van der Waals surface area contributed by atoms with Gasteiger partial charge in [-0.1, -0.05) is 0 Å². The first-order valence-corrected chi connectivity index (χ1v) is 6.68. The third-order valence-corrected chi connectivity index (χ3v) is 3.66. The molecule has 0 radical (unpaired) electrons. The summed E-state index contributed by atoms with van der Waals surface area (Å²) < 4.78 is 0.578. The normalized spacial score (nSPS) is 10.3. The van der Waals surface area contributed by atoms with Gasteiger partial charge in [0.2, 0.25) is 5.82 Å². The summed E-state index contributed by atoms with van der Waals surface area (Å²) in [5, 5.41) is 13.9. The standard InChI is InChI=1S/C10H9BrN4O2S/c1-6-9(18-5-14-6)4-13-10-8(15(16)17)2-7(11)3-12-10/h2-3,5H,4H2,1H3,(H,12,13). The minimum Gasteiger partial charge on any atom is -0.359 e. The van der Waals surface area contributed by atoms with E-state index in [1.165, 1.54) is 23.6 Å². The van der Waals surface area contributed by atoms with E-state index in [0.29, 0.717) is 11.0 Å². The molecule has 18 heavy (non-hydrogen) atoms. The molecule has 0 atom stereocenters. The highest BCUT2D eigenvalue weighted by Crippen LogP contribution is 2.26. The van der Waals surface area contributed by atoms with Crippen LogP contribution in [0.3, 0.4) is 0 Å². The topological polar surface area (TPSA) is 81.0 Å². The Hall–Kier alpha value is -1.54. The maximum absolute atomic E-state index is 10.9. The van der Waals surface area contributed by atoms with Crippen LogP contribution >= 0.6 is 27.3 Å². The Kier molecular flexibility index (Phi) is 3.87. The van der Waals surface area contributed by atoms with Crippen molar-refractivity contribution in [2.75, 3.05) is 5.32 Å². The first kappa shape index (κ1) is 12.9. The molecule has 0 aliphatic rings. The van der Waals surface area contributed by atoms with Crippen molar-refractivity contribution in [1.82, 2.24) is 9.97 Å².